The van der Waals surface area contributed by atoms with Crippen LogP contribution in [-0.2, 0) is 0 Å². The van der Waals surface area contributed by atoms with E-state index in [1.165, 1.54) is 12.3 Å². The molecule has 2 unspecified atom stereocenters. The molecule has 0 aliphatic carbocycles. The molecule has 1 aliphatic heterocycles. The number of nitrogens with one attached hydrogen (secondary N) is 1. The van der Waals surface area contributed by atoms with E-state index in [1.807, 2.05) is 0 Å². The smallest absolute Gasteiger partial charge is 0.141 e. The summed E-state index contributed by atoms with van der Waals surface area (Å²) in [6.45, 7) is 9.69. The molecule has 0 amide bonds. The number of rotatable bonds is 6. The third-order valence-corrected chi connectivity index (χ3v) is 4.23. The summed E-state index contributed by atoms with van der Waals surface area (Å²) in [5.74, 6) is -0.276. The highest BCUT2D eigenvalue weighted by Crippen LogP contribution is 2.17. The monoisotopic (exact) mass is 294 g/mol. The number of piperazine rings is 1. The fourth-order valence-corrected chi connectivity index (χ4v) is 3.00. The van der Waals surface area contributed by atoms with Crippen LogP contribution in [-0.4, -0.2) is 60.6 Å². The van der Waals surface area contributed by atoms with E-state index >= 15 is 0 Å². The maximum absolute atomic E-state index is 13.0. The van der Waals surface area contributed by atoms with Gasteiger partial charge < -0.3 is 10.2 Å². The Bertz CT molecular complexity index is 423. The molecule has 1 aromatic rings. The van der Waals surface area contributed by atoms with Crippen molar-refractivity contribution in [3.05, 3.63) is 29.8 Å². The van der Waals surface area contributed by atoms with Gasteiger partial charge in [-0.15, -0.1) is 0 Å². The Morgan fingerprint density at radius 2 is 2.24 bits per heavy atom. The molecule has 4 nitrogen and oxygen atoms in total. The fraction of sp³-hybridized carbons (Fsp3) is 0.688. The van der Waals surface area contributed by atoms with Gasteiger partial charge in [0.1, 0.15) is 5.82 Å². The molecule has 1 saturated heterocycles. The molecule has 0 saturated carbocycles. The highest BCUT2D eigenvalue weighted by molar-refractivity contribution is 5.10. The van der Waals surface area contributed by atoms with E-state index in [9.17, 15) is 4.39 Å². The Hall–Kier alpha value is -1.04. The SMILES string of the molecule is CCNC(CCN1CCN(C)CC1C)c1ccc(F)cn1. The molecule has 118 valence electrons. The van der Waals surface area contributed by atoms with Crippen LogP contribution in [0.5, 0.6) is 0 Å². The lowest BCUT2D eigenvalue weighted by Crippen LogP contribution is -2.50. The molecule has 5 heteroatoms. The Labute approximate surface area is 127 Å². The molecular weight excluding hydrogens is 267 g/mol. The first-order valence-corrected chi connectivity index (χ1v) is 7.87. The molecule has 0 spiro atoms. The molecule has 1 fully saturated rings. The van der Waals surface area contributed by atoms with Crippen LogP contribution in [0.2, 0.25) is 0 Å². The van der Waals surface area contributed by atoms with Gasteiger partial charge in [0.05, 0.1) is 17.9 Å². The maximum Gasteiger partial charge on any atom is 0.141 e. The van der Waals surface area contributed by atoms with Crippen molar-refractivity contribution in [2.75, 3.05) is 39.8 Å². The normalized spacial score (nSPS) is 22.4. The van der Waals surface area contributed by atoms with Gasteiger partial charge in [0, 0.05) is 32.2 Å². The second kappa shape index (κ2) is 7.82. The van der Waals surface area contributed by atoms with Crippen LogP contribution in [0.15, 0.2) is 18.3 Å². The van der Waals surface area contributed by atoms with Crippen LogP contribution in [0.4, 0.5) is 4.39 Å². The van der Waals surface area contributed by atoms with Gasteiger partial charge >= 0.3 is 0 Å². The zero-order valence-corrected chi connectivity index (χ0v) is 13.3. The summed E-state index contributed by atoms with van der Waals surface area (Å²) in [6.07, 6.45) is 2.30. The first-order chi connectivity index (χ1) is 10.1. The van der Waals surface area contributed by atoms with Gasteiger partial charge in [-0.2, -0.15) is 0 Å². The molecule has 0 bridgehead atoms. The van der Waals surface area contributed by atoms with E-state index in [0.29, 0.717) is 6.04 Å². The molecule has 2 atom stereocenters. The minimum Gasteiger partial charge on any atom is -0.309 e. The van der Waals surface area contributed by atoms with Crippen molar-refractivity contribution < 1.29 is 4.39 Å². The van der Waals surface area contributed by atoms with Gasteiger partial charge in [-0.1, -0.05) is 6.92 Å². The van der Waals surface area contributed by atoms with Crippen LogP contribution in [0, 0.1) is 5.82 Å². The lowest BCUT2D eigenvalue weighted by molar-refractivity contribution is 0.0959. The second-order valence-electron chi connectivity index (χ2n) is 5.95. The van der Waals surface area contributed by atoms with Crippen LogP contribution < -0.4 is 5.32 Å². The van der Waals surface area contributed by atoms with Gasteiger partial charge in [0.25, 0.3) is 0 Å². The number of hydrogen-bond donors (Lipinski definition) is 1. The third-order valence-electron chi connectivity index (χ3n) is 4.23. The summed E-state index contributed by atoms with van der Waals surface area (Å²) < 4.78 is 13.0. The zero-order valence-electron chi connectivity index (χ0n) is 13.3. The summed E-state index contributed by atoms with van der Waals surface area (Å²) in [5.41, 5.74) is 0.931. The average molecular weight is 294 g/mol. The molecule has 0 radical (unpaired) electrons. The predicted molar refractivity (Wildman–Crippen MR) is 83.8 cm³/mol. The highest BCUT2D eigenvalue weighted by atomic mass is 19.1. The van der Waals surface area contributed by atoms with Crippen LogP contribution in [0.25, 0.3) is 0 Å². The van der Waals surface area contributed by atoms with E-state index in [-0.39, 0.29) is 11.9 Å². The minimum absolute atomic E-state index is 0.197. The van der Waals surface area contributed by atoms with Crippen LogP contribution in [0.1, 0.15) is 32.0 Å². The zero-order chi connectivity index (χ0) is 15.2. The summed E-state index contributed by atoms with van der Waals surface area (Å²) in [4.78, 5) is 9.14. The van der Waals surface area contributed by atoms with Crippen molar-refractivity contribution in [1.82, 2.24) is 20.1 Å². The van der Waals surface area contributed by atoms with Gasteiger partial charge in [0.2, 0.25) is 0 Å². The van der Waals surface area contributed by atoms with Crippen molar-refractivity contribution in [3.8, 4) is 0 Å². The maximum atomic E-state index is 13.0. The number of pyridine rings is 1. The van der Waals surface area contributed by atoms with Crippen molar-refractivity contribution in [2.24, 2.45) is 0 Å². The molecule has 1 aromatic heterocycles. The standard InChI is InChI=1S/C16H27FN4/c1-4-18-16(15-6-5-14(17)11-19-15)7-8-21-10-9-20(3)12-13(21)2/h5-6,11,13,16,18H,4,7-10,12H2,1-3H3. The largest absolute Gasteiger partial charge is 0.309 e. The average Bonchev–Trinajstić information content (AvgIpc) is 2.46. The Balaban J connectivity index is 1.92. The number of aromatic nitrogens is 1. The second-order valence-corrected chi connectivity index (χ2v) is 5.95. The van der Waals surface area contributed by atoms with Crippen LogP contribution >= 0.6 is 0 Å². The fourth-order valence-electron chi connectivity index (χ4n) is 3.00. The number of likely N-dealkylation sites (N-methyl/N-ethyl adjacent to an activating group) is 1. The summed E-state index contributed by atoms with van der Waals surface area (Å²) in [7, 11) is 2.18. The van der Waals surface area contributed by atoms with Crippen molar-refractivity contribution in [1.29, 1.82) is 0 Å². The summed E-state index contributed by atoms with van der Waals surface area (Å²) in [5, 5.41) is 3.46. The lowest BCUT2D eigenvalue weighted by atomic mass is 10.1. The molecule has 21 heavy (non-hydrogen) atoms. The van der Waals surface area contributed by atoms with E-state index in [0.717, 1.165) is 44.8 Å². The van der Waals surface area contributed by atoms with Crippen molar-refractivity contribution in [3.63, 3.8) is 0 Å². The number of nitrogens with zero attached hydrogens (tertiary/aromatic N) is 3. The molecular formula is C16H27FN4. The van der Waals surface area contributed by atoms with Gasteiger partial charge in [-0.05, 0) is 39.1 Å². The third kappa shape index (κ3) is 4.73. The summed E-state index contributed by atoms with van der Waals surface area (Å²) in [6, 6.07) is 4.07. The van der Waals surface area contributed by atoms with Crippen molar-refractivity contribution >= 4 is 0 Å². The number of hydrogen-bond acceptors (Lipinski definition) is 4. The lowest BCUT2D eigenvalue weighted by Gasteiger charge is -2.38. The quantitative estimate of drug-likeness (QED) is 0.868. The predicted octanol–water partition coefficient (Wildman–Crippen LogP) is 1.90. The van der Waals surface area contributed by atoms with E-state index in [1.54, 1.807) is 6.07 Å². The molecule has 0 aromatic carbocycles. The van der Waals surface area contributed by atoms with E-state index in [2.05, 4.69) is 41.0 Å². The highest BCUT2D eigenvalue weighted by Gasteiger charge is 2.22. The van der Waals surface area contributed by atoms with Gasteiger partial charge in [-0.3, -0.25) is 9.88 Å². The topological polar surface area (TPSA) is 31.4 Å². The van der Waals surface area contributed by atoms with Gasteiger partial charge in [-0.25, -0.2) is 4.39 Å². The van der Waals surface area contributed by atoms with Crippen molar-refractivity contribution in [2.45, 2.75) is 32.4 Å². The first kappa shape index (κ1) is 16.3. The minimum atomic E-state index is -0.276. The van der Waals surface area contributed by atoms with Crippen LogP contribution in [0.3, 0.4) is 0 Å². The Morgan fingerprint density at radius 3 is 2.86 bits per heavy atom. The number of halogens is 1. The first-order valence-electron chi connectivity index (χ1n) is 7.87. The Kier molecular flexibility index (Phi) is 6.08. The molecule has 2 rings (SSSR count). The Morgan fingerprint density at radius 1 is 1.43 bits per heavy atom. The van der Waals surface area contributed by atoms with E-state index < -0.39 is 0 Å². The molecule has 1 aliphatic rings. The van der Waals surface area contributed by atoms with E-state index in [4.69, 9.17) is 0 Å². The van der Waals surface area contributed by atoms with Gasteiger partial charge in [0.15, 0.2) is 0 Å². The molecule has 1 N–H and O–H groups in total. The molecule has 2 heterocycles. The summed E-state index contributed by atoms with van der Waals surface area (Å²) >= 11 is 0.